The molecule has 86 valence electrons. The van der Waals surface area contributed by atoms with Gasteiger partial charge >= 0.3 is 5.97 Å². The molecule has 15 heavy (non-hydrogen) atoms. The SMILES string of the molecule is C=CCNC1(C(=O)O)CCCC(OC)C1. The van der Waals surface area contributed by atoms with Crippen molar-refractivity contribution in [2.45, 2.75) is 37.3 Å². The van der Waals surface area contributed by atoms with Gasteiger partial charge in [0.05, 0.1) is 6.10 Å². The van der Waals surface area contributed by atoms with Gasteiger partial charge in [0.25, 0.3) is 0 Å². The Labute approximate surface area is 90.3 Å². The van der Waals surface area contributed by atoms with Gasteiger partial charge in [0.15, 0.2) is 0 Å². The highest BCUT2D eigenvalue weighted by Gasteiger charge is 2.42. The summed E-state index contributed by atoms with van der Waals surface area (Å²) in [6, 6.07) is 0. The van der Waals surface area contributed by atoms with Gasteiger partial charge in [-0.05, 0) is 19.3 Å². The van der Waals surface area contributed by atoms with E-state index in [0.29, 0.717) is 19.4 Å². The van der Waals surface area contributed by atoms with Crippen molar-refractivity contribution < 1.29 is 14.6 Å². The highest BCUT2D eigenvalue weighted by atomic mass is 16.5. The van der Waals surface area contributed by atoms with Crippen molar-refractivity contribution in [3.8, 4) is 0 Å². The van der Waals surface area contributed by atoms with Gasteiger partial charge in [-0.25, -0.2) is 0 Å². The molecular weight excluding hydrogens is 194 g/mol. The lowest BCUT2D eigenvalue weighted by atomic mass is 9.80. The quantitative estimate of drug-likeness (QED) is 0.673. The second-order valence-electron chi connectivity index (χ2n) is 4.01. The van der Waals surface area contributed by atoms with Crippen LogP contribution in [-0.4, -0.2) is 36.4 Å². The number of carboxylic acids is 1. The lowest BCUT2D eigenvalue weighted by molar-refractivity contribution is -0.148. The first-order valence-electron chi connectivity index (χ1n) is 5.27. The Morgan fingerprint density at radius 1 is 1.80 bits per heavy atom. The van der Waals surface area contributed by atoms with Gasteiger partial charge in [-0.2, -0.15) is 0 Å². The van der Waals surface area contributed by atoms with E-state index in [0.717, 1.165) is 12.8 Å². The lowest BCUT2D eigenvalue weighted by Gasteiger charge is -2.37. The molecule has 4 heteroatoms. The van der Waals surface area contributed by atoms with Crippen LogP contribution in [0.25, 0.3) is 0 Å². The summed E-state index contributed by atoms with van der Waals surface area (Å²) in [4.78, 5) is 11.3. The fourth-order valence-electron chi connectivity index (χ4n) is 2.12. The van der Waals surface area contributed by atoms with Crippen molar-refractivity contribution in [3.63, 3.8) is 0 Å². The summed E-state index contributed by atoms with van der Waals surface area (Å²) in [5.41, 5.74) is -0.826. The van der Waals surface area contributed by atoms with Crippen molar-refractivity contribution >= 4 is 5.97 Å². The number of nitrogens with one attached hydrogen (secondary N) is 1. The summed E-state index contributed by atoms with van der Waals surface area (Å²) in [7, 11) is 1.64. The minimum absolute atomic E-state index is 0.0483. The fraction of sp³-hybridized carbons (Fsp3) is 0.727. The minimum atomic E-state index is -0.826. The number of carbonyl (C=O) groups is 1. The first-order valence-corrected chi connectivity index (χ1v) is 5.27. The van der Waals surface area contributed by atoms with Gasteiger partial charge in [-0.15, -0.1) is 6.58 Å². The molecule has 2 atom stereocenters. The molecule has 0 saturated heterocycles. The smallest absolute Gasteiger partial charge is 0.324 e. The zero-order chi connectivity index (χ0) is 11.3. The van der Waals surface area contributed by atoms with Crippen molar-refractivity contribution in [2.24, 2.45) is 0 Å². The molecule has 0 spiro atoms. The topological polar surface area (TPSA) is 58.6 Å². The molecule has 1 rings (SSSR count). The molecule has 2 unspecified atom stereocenters. The van der Waals surface area contributed by atoms with Crippen molar-refractivity contribution in [1.82, 2.24) is 5.32 Å². The average Bonchev–Trinajstić information content (AvgIpc) is 2.26. The van der Waals surface area contributed by atoms with E-state index in [4.69, 9.17) is 4.74 Å². The largest absolute Gasteiger partial charge is 0.480 e. The van der Waals surface area contributed by atoms with Crippen molar-refractivity contribution in [3.05, 3.63) is 12.7 Å². The van der Waals surface area contributed by atoms with Gasteiger partial charge < -0.3 is 9.84 Å². The van der Waals surface area contributed by atoms with Crippen LogP contribution in [0.5, 0.6) is 0 Å². The number of hydrogen-bond acceptors (Lipinski definition) is 3. The summed E-state index contributed by atoms with van der Waals surface area (Å²) in [5, 5.41) is 12.3. The van der Waals surface area contributed by atoms with Crippen LogP contribution in [0.3, 0.4) is 0 Å². The fourth-order valence-corrected chi connectivity index (χ4v) is 2.12. The molecule has 0 bridgehead atoms. The molecule has 0 aromatic heterocycles. The number of carboxylic acid groups (broad SMARTS) is 1. The average molecular weight is 213 g/mol. The zero-order valence-corrected chi connectivity index (χ0v) is 9.16. The first kappa shape index (κ1) is 12.2. The van der Waals surface area contributed by atoms with E-state index in [1.54, 1.807) is 13.2 Å². The van der Waals surface area contributed by atoms with Gasteiger partial charge in [0.1, 0.15) is 5.54 Å². The van der Waals surface area contributed by atoms with E-state index in [1.807, 2.05) is 0 Å². The third-order valence-electron chi connectivity index (χ3n) is 3.03. The number of aliphatic carboxylic acids is 1. The zero-order valence-electron chi connectivity index (χ0n) is 9.16. The van der Waals surface area contributed by atoms with E-state index in [2.05, 4.69) is 11.9 Å². The predicted octanol–water partition coefficient (Wildman–Crippen LogP) is 1.17. The third-order valence-corrected chi connectivity index (χ3v) is 3.03. The summed E-state index contributed by atoms with van der Waals surface area (Å²) in [6.07, 6.45) is 4.76. The van der Waals surface area contributed by atoms with Gasteiger partial charge in [0.2, 0.25) is 0 Å². The molecule has 1 aliphatic rings. The Morgan fingerprint density at radius 2 is 2.53 bits per heavy atom. The third kappa shape index (κ3) is 2.79. The van der Waals surface area contributed by atoms with Crippen LogP contribution in [0.15, 0.2) is 12.7 Å². The highest BCUT2D eigenvalue weighted by Crippen LogP contribution is 2.30. The molecule has 0 aliphatic heterocycles. The van der Waals surface area contributed by atoms with Crippen LogP contribution in [0.2, 0.25) is 0 Å². The Bertz CT molecular complexity index is 242. The molecule has 0 aromatic rings. The van der Waals surface area contributed by atoms with Gasteiger partial charge in [-0.3, -0.25) is 10.1 Å². The number of hydrogen-bond donors (Lipinski definition) is 2. The van der Waals surface area contributed by atoms with E-state index in [1.165, 1.54) is 0 Å². The molecule has 1 fully saturated rings. The van der Waals surface area contributed by atoms with Crippen LogP contribution in [0, 0.1) is 0 Å². The first-order chi connectivity index (χ1) is 7.14. The van der Waals surface area contributed by atoms with Crippen LogP contribution in [0.1, 0.15) is 25.7 Å². The summed E-state index contributed by atoms with van der Waals surface area (Å²) < 4.78 is 5.25. The number of methoxy groups -OCH3 is 1. The van der Waals surface area contributed by atoms with Crippen LogP contribution in [0.4, 0.5) is 0 Å². The van der Waals surface area contributed by atoms with E-state index in [9.17, 15) is 9.90 Å². The molecule has 0 heterocycles. The predicted molar refractivity (Wildman–Crippen MR) is 57.8 cm³/mol. The van der Waals surface area contributed by atoms with Crippen molar-refractivity contribution in [1.29, 1.82) is 0 Å². The molecule has 4 nitrogen and oxygen atoms in total. The second kappa shape index (κ2) is 5.28. The lowest BCUT2D eigenvalue weighted by Crippen LogP contribution is -2.56. The maximum atomic E-state index is 11.3. The molecule has 1 saturated carbocycles. The monoisotopic (exact) mass is 213 g/mol. The molecule has 0 amide bonds. The molecule has 0 radical (unpaired) electrons. The molecule has 2 N–H and O–H groups in total. The maximum absolute atomic E-state index is 11.3. The Hall–Kier alpha value is -0.870. The number of rotatable bonds is 5. The second-order valence-corrected chi connectivity index (χ2v) is 4.01. The Morgan fingerprint density at radius 3 is 3.07 bits per heavy atom. The Balaban J connectivity index is 2.70. The standard InChI is InChI=1S/C11H19NO3/c1-3-7-12-11(10(13)14)6-4-5-9(8-11)15-2/h3,9,12H,1,4-8H2,2H3,(H,13,14). The maximum Gasteiger partial charge on any atom is 0.324 e. The number of ether oxygens (including phenoxy) is 1. The summed E-state index contributed by atoms with van der Waals surface area (Å²) in [5.74, 6) is -0.786. The van der Waals surface area contributed by atoms with Crippen molar-refractivity contribution in [2.75, 3.05) is 13.7 Å². The van der Waals surface area contributed by atoms with Crippen LogP contribution in [-0.2, 0) is 9.53 Å². The summed E-state index contributed by atoms with van der Waals surface area (Å²) >= 11 is 0. The van der Waals surface area contributed by atoms with Crippen LogP contribution < -0.4 is 5.32 Å². The van der Waals surface area contributed by atoms with E-state index < -0.39 is 11.5 Å². The minimum Gasteiger partial charge on any atom is -0.480 e. The summed E-state index contributed by atoms with van der Waals surface area (Å²) in [6.45, 7) is 4.10. The molecule has 0 aromatic carbocycles. The normalized spacial score (nSPS) is 31.1. The van der Waals surface area contributed by atoms with Gasteiger partial charge in [-0.1, -0.05) is 6.08 Å². The molecular formula is C11H19NO3. The van der Waals surface area contributed by atoms with Gasteiger partial charge in [0, 0.05) is 20.1 Å². The highest BCUT2D eigenvalue weighted by molar-refractivity contribution is 5.79. The van der Waals surface area contributed by atoms with E-state index in [-0.39, 0.29) is 6.10 Å². The molecule has 1 aliphatic carbocycles. The van der Waals surface area contributed by atoms with E-state index >= 15 is 0 Å². The van der Waals surface area contributed by atoms with Crippen LogP contribution >= 0.6 is 0 Å². The Kier molecular flexibility index (Phi) is 4.29.